The van der Waals surface area contributed by atoms with Gasteiger partial charge in [0.15, 0.2) is 0 Å². The van der Waals surface area contributed by atoms with Gasteiger partial charge in [-0.1, -0.05) is 42.0 Å². The lowest BCUT2D eigenvalue weighted by Crippen LogP contribution is -1.77. The molecule has 1 aromatic heterocycles. The number of pyridine rings is 1. The van der Waals surface area contributed by atoms with Gasteiger partial charge in [-0.3, -0.25) is 9.54 Å². The summed E-state index contributed by atoms with van der Waals surface area (Å²) in [6, 6.07) is 16.0. The fourth-order valence-corrected chi connectivity index (χ4v) is 0.847. The Hall–Kier alpha value is -1.43. The number of aryl methyl sites for hydroxylation is 1. The Kier molecular flexibility index (Phi) is 8.82. The molecule has 0 fully saturated rings. The highest BCUT2D eigenvalue weighted by atomic mass is 35.7. The van der Waals surface area contributed by atoms with E-state index in [4.69, 9.17) is 13.0 Å². The molecule has 18 heavy (non-hydrogen) atoms. The van der Waals surface area contributed by atoms with Crippen LogP contribution in [0.15, 0.2) is 60.9 Å². The fourth-order valence-electron chi connectivity index (χ4n) is 0.847. The molecule has 0 aliphatic rings. The highest BCUT2D eigenvalue weighted by Gasteiger charge is 1.86. The third kappa shape index (κ3) is 17.0. The van der Waals surface area contributed by atoms with Crippen LogP contribution in [0.4, 0.5) is 0 Å². The lowest BCUT2D eigenvalue weighted by atomic mass is 10.2. The summed E-state index contributed by atoms with van der Waals surface area (Å²) in [5.41, 5.74) is 1.32. The molecule has 0 amide bonds. The molecule has 0 radical (unpaired) electrons. The van der Waals surface area contributed by atoms with Crippen LogP contribution in [0.2, 0.25) is 0 Å². The van der Waals surface area contributed by atoms with Crippen LogP contribution >= 0.6 is 10.7 Å². The number of hydrogen-bond acceptors (Lipinski definition) is 3. The molecule has 0 saturated heterocycles. The van der Waals surface area contributed by atoms with Crippen molar-refractivity contribution in [3.05, 3.63) is 66.5 Å². The van der Waals surface area contributed by atoms with Crippen LogP contribution in [0.5, 0.6) is 0 Å². The van der Waals surface area contributed by atoms with Gasteiger partial charge in [-0.25, -0.2) is 0 Å². The van der Waals surface area contributed by atoms with Crippen LogP contribution in [-0.2, 0) is 9.33 Å². The first kappa shape index (κ1) is 16.6. The van der Waals surface area contributed by atoms with Crippen molar-refractivity contribution >= 4 is 20.0 Å². The van der Waals surface area contributed by atoms with Gasteiger partial charge in [0.1, 0.15) is 0 Å². The van der Waals surface area contributed by atoms with Gasteiger partial charge >= 0.3 is 9.33 Å². The topological polar surface area (TPSA) is 67.3 Å². The average Bonchev–Trinajstić information content (AvgIpc) is 2.31. The maximum Gasteiger partial charge on any atom is 0.353 e. The predicted molar refractivity (Wildman–Crippen MR) is 72.8 cm³/mol. The monoisotopic (exact) mass is 287 g/mol. The summed E-state index contributed by atoms with van der Waals surface area (Å²) in [6.07, 6.45) is 3.50. The molecular weight excluding hydrogens is 274 g/mol. The summed E-state index contributed by atoms with van der Waals surface area (Å²) in [5, 5.41) is 0. The van der Waals surface area contributed by atoms with Crippen molar-refractivity contribution in [2.24, 2.45) is 0 Å². The van der Waals surface area contributed by atoms with Crippen LogP contribution < -0.4 is 0 Å². The molecule has 0 saturated carbocycles. The minimum Gasteiger partial charge on any atom is -0.273 e. The Bertz CT molecular complexity index is 469. The normalized spacial score (nSPS) is 9.28. The molecule has 98 valence electrons. The predicted octanol–water partition coefficient (Wildman–Crippen LogP) is 3.10. The third-order valence-electron chi connectivity index (χ3n) is 1.51. The zero-order valence-corrected chi connectivity index (χ0v) is 11.3. The number of hydrogen-bond donors (Lipinski definition) is 1. The molecule has 1 aromatic carbocycles. The molecule has 1 heterocycles. The van der Waals surface area contributed by atoms with Gasteiger partial charge in [0.2, 0.25) is 0 Å². The first-order valence-electron chi connectivity index (χ1n) is 4.93. The maximum atomic E-state index is 8.95. The largest absolute Gasteiger partial charge is 0.353 e. The number of benzene rings is 1. The first-order valence-corrected chi connectivity index (χ1v) is 7.20. The lowest BCUT2D eigenvalue weighted by Gasteiger charge is -1.82. The summed E-state index contributed by atoms with van der Waals surface area (Å²) in [5.74, 6) is 0. The molecule has 0 bridgehead atoms. The molecule has 1 N–H and O–H groups in total. The van der Waals surface area contributed by atoms with Crippen molar-refractivity contribution in [2.45, 2.75) is 6.92 Å². The Balaban J connectivity index is 0.000000245. The standard InChI is InChI=1S/C7H8.C5H5N.ClHO3S/c1-7-5-3-2-4-6-7;1-2-4-6-5-3-1;1-5(2,3)4/h2-6H,1H3;1-5H;(H,2,3,4). The smallest absolute Gasteiger partial charge is 0.273 e. The maximum absolute atomic E-state index is 8.95. The number of rotatable bonds is 0. The van der Waals surface area contributed by atoms with Gasteiger partial charge in [-0.2, -0.15) is 8.42 Å². The molecule has 6 heteroatoms. The second kappa shape index (κ2) is 9.58. The molecule has 2 aromatic rings. The van der Waals surface area contributed by atoms with Gasteiger partial charge in [0, 0.05) is 23.1 Å². The molecule has 0 unspecified atom stereocenters. The van der Waals surface area contributed by atoms with E-state index in [2.05, 4.69) is 34.7 Å². The quantitative estimate of drug-likeness (QED) is 0.597. The summed E-state index contributed by atoms with van der Waals surface area (Å²) < 4.78 is 25.2. The summed E-state index contributed by atoms with van der Waals surface area (Å²) >= 11 is 0. The van der Waals surface area contributed by atoms with Gasteiger partial charge in [-0.15, -0.1) is 0 Å². The van der Waals surface area contributed by atoms with E-state index in [0.29, 0.717) is 0 Å². The average molecular weight is 288 g/mol. The van der Waals surface area contributed by atoms with Crippen molar-refractivity contribution in [1.82, 2.24) is 4.98 Å². The van der Waals surface area contributed by atoms with Crippen LogP contribution in [0, 0.1) is 6.92 Å². The molecule has 0 spiro atoms. The minimum absolute atomic E-state index is 1.32. The molecule has 0 aliphatic carbocycles. The zero-order valence-electron chi connectivity index (χ0n) is 9.77. The highest BCUT2D eigenvalue weighted by molar-refractivity contribution is 8.09. The van der Waals surface area contributed by atoms with E-state index in [1.54, 1.807) is 12.4 Å². The van der Waals surface area contributed by atoms with Crippen LogP contribution in [-0.4, -0.2) is 18.0 Å². The zero-order chi connectivity index (χ0) is 13.9. The Morgan fingerprint density at radius 2 is 1.39 bits per heavy atom. The molecule has 0 atom stereocenters. The van der Waals surface area contributed by atoms with Crippen molar-refractivity contribution < 1.29 is 13.0 Å². The second-order valence-electron chi connectivity index (χ2n) is 3.09. The molecule has 2 rings (SSSR count). The Morgan fingerprint density at radius 1 is 1.00 bits per heavy atom. The number of aromatic nitrogens is 1. The fraction of sp³-hybridized carbons (Fsp3) is 0.0833. The van der Waals surface area contributed by atoms with Crippen LogP contribution in [0.3, 0.4) is 0 Å². The third-order valence-corrected chi connectivity index (χ3v) is 1.51. The van der Waals surface area contributed by atoms with E-state index < -0.39 is 9.33 Å². The van der Waals surface area contributed by atoms with Gasteiger partial charge in [-0.05, 0) is 19.1 Å². The van der Waals surface area contributed by atoms with Gasteiger partial charge in [0.25, 0.3) is 0 Å². The summed E-state index contributed by atoms with van der Waals surface area (Å²) in [7, 11) is -0.137. The first-order chi connectivity index (χ1) is 8.39. The van der Waals surface area contributed by atoms with E-state index >= 15 is 0 Å². The Labute approximate surface area is 112 Å². The second-order valence-corrected chi connectivity index (χ2v) is 5.09. The summed E-state index contributed by atoms with van der Waals surface area (Å²) in [4.78, 5) is 3.78. The molecule has 4 nitrogen and oxygen atoms in total. The minimum atomic E-state index is -4.19. The van der Waals surface area contributed by atoms with Gasteiger partial charge < -0.3 is 0 Å². The van der Waals surface area contributed by atoms with Crippen LogP contribution in [0.25, 0.3) is 0 Å². The highest BCUT2D eigenvalue weighted by Crippen LogP contribution is 1.92. The van der Waals surface area contributed by atoms with Crippen molar-refractivity contribution in [2.75, 3.05) is 0 Å². The lowest BCUT2D eigenvalue weighted by molar-refractivity contribution is 0.501. The number of nitrogens with zero attached hydrogens (tertiary/aromatic N) is 1. The van der Waals surface area contributed by atoms with Gasteiger partial charge in [0.05, 0.1) is 0 Å². The van der Waals surface area contributed by atoms with E-state index in [0.717, 1.165) is 0 Å². The SMILES string of the molecule is Cc1ccccc1.O=S(=O)(O)Cl.c1ccncc1. The van der Waals surface area contributed by atoms with Crippen molar-refractivity contribution in [3.8, 4) is 0 Å². The van der Waals surface area contributed by atoms with Crippen LogP contribution in [0.1, 0.15) is 5.56 Å². The van der Waals surface area contributed by atoms with E-state index in [1.807, 2.05) is 36.4 Å². The van der Waals surface area contributed by atoms with Crippen molar-refractivity contribution in [3.63, 3.8) is 0 Å². The number of halogens is 1. The van der Waals surface area contributed by atoms with E-state index in [9.17, 15) is 0 Å². The molecular formula is C12H14ClNO3S. The van der Waals surface area contributed by atoms with Crippen molar-refractivity contribution in [1.29, 1.82) is 0 Å². The van der Waals surface area contributed by atoms with E-state index in [-0.39, 0.29) is 0 Å². The Morgan fingerprint density at radius 3 is 1.56 bits per heavy atom. The van der Waals surface area contributed by atoms with E-state index in [1.165, 1.54) is 5.56 Å². The molecule has 0 aliphatic heterocycles. The summed E-state index contributed by atoms with van der Waals surface area (Å²) in [6.45, 7) is 2.08.